The smallest absolute Gasteiger partial charge is 0.137 e. The zero-order valence-corrected chi connectivity index (χ0v) is 13.0. The zero-order chi connectivity index (χ0) is 14.5. The number of hydrogen-bond donors (Lipinski definition) is 2. The summed E-state index contributed by atoms with van der Waals surface area (Å²) in [6, 6.07) is 5.19. The third-order valence-corrected chi connectivity index (χ3v) is 4.04. The van der Waals surface area contributed by atoms with E-state index in [2.05, 4.69) is 26.1 Å². The Hall–Kier alpha value is -0.580. The zero-order valence-electron chi connectivity index (χ0n) is 12.2. The van der Waals surface area contributed by atoms with Crippen LogP contribution < -0.4 is 5.32 Å². The molecular formula is C15H24FNOS. The predicted molar refractivity (Wildman–Crippen MR) is 80.0 cm³/mol. The van der Waals surface area contributed by atoms with E-state index in [0.29, 0.717) is 17.9 Å². The summed E-state index contributed by atoms with van der Waals surface area (Å²) >= 11 is 1.50. The predicted octanol–water partition coefficient (Wildman–Crippen LogP) is 3.58. The van der Waals surface area contributed by atoms with Gasteiger partial charge in [0.1, 0.15) is 5.82 Å². The fourth-order valence-corrected chi connectivity index (χ4v) is 2.72. The number of aliphatic hydroxyl groups is 1. The molecule has 19 heavy (non-hydrogen) atoms. The van der Waals surface area contributed by atoms with Crippen LogP contribution in [0.4, 0.5) is 4.39 Å². The van der Waals surface area contributed by atoms with Crippen LogP contribution in [0.25, 0.3) is 0 Å². The van der Waals surface area contributed by atoms with Crippen molar-refractivity contribution >= 4 is 11.8 Å². The van der Waals surface area contributed by atoms with Crippen molar-refractivity contribution in [3.63, 3.8) is 0 Å². The van der Waals surface area contributed by atoms with E-state index in [1.54, 1.807) is 6.07 Å². The summed E-state index contributed by atoms with van der Waals surface area (Å²) in [6.07, 6.45) is 0.672. The maximum Gasteiger partial charge on any atom is 0.137 e. The van der Waals surface area contributed by atoms with Crippen LogP contribution in [-0.4, -0.2) is 22.5 Å². The van der Waals surface area contributed by atoms with Gasteiger partial charge in [0.25, 0.3) is 0 Å². The molecule has 0 saturated carbocycles. The van der Waals surface area contributed by atoms with Crippen molar-refractivity contribution < 1.29 is 9.50 Å². The fourth-order valence-electron chi connectivity index (χ4n) is 1.63. The summed E-state index contributed by atoms with van der Waals surface area (Å²) < 4.78 is 14.0. The molecule has 1 atom stereocenters. The topological polar surface area (TPSA) is 32.3 Å². The van der Waals surface area contributed by atoms with Crippen LogP contribution in [0.5, 0.6) is 0 Å². The molecule has 0 saturated heterocycles. The second-order valence-corrected chi connectivity index (χ2v) is 7.22. The minimum Gasteiger partial charge on any atom is -0.396 e. The van der Waals surface area contributed by atoms with E-state index in [0.717, 1.165) is 5.56 Å². The molecule has 0 spiro atoms. The molecule has 0 radical (unpaired) electrons. The van der Waals surface area contributed by atoms with Gasteiger partial charge in [0.05, 0.1) is 0 Å². The molecule has 0 aromatic heterocycles. The SMILES string of the molecule is CC(CCO)Sc1c(F)cccc1CNC(C)(C)C. The summed E-state index contributed by atoms with van der Waals surface area (Å²) in [5, 5.41) is 12.5. The Kier molecular flexibility index (Phi) is 6.30. The minimum atomic E-state index is -0.178. The van der Waals surface area contributed by atoms with E-state index in [9.17, 15) is 4.39 Å². The normalized spacial score (nSPS) is 13.6. The van der Waals surface area contributed by atoms with Gasteiger partial charge >= 0.3 is 0 Å². The quantitative estimate of drug-likeness (QED) is 0.784. The van der Waals surface area contributed by atoms with Gasteiger partial charge in [0.15, 0.2) is 0 Å². The highest BCUT2D eigenvalue weighted by Gasteiger charge is 2.15. The summed E-state index contributed by atoms with van der Waals surface area (Å²) in [5.41, 5.74) is 0.982. The largest absolute Gasteiger partial charge is 0.396 e. The molecule has 1 aromatic rings. The highest BCUT2D eigenvalue weighted by Crippen LogP contribution is 2.31. The van der Waals surface area contributed by atoms with Crippen molar-refractivity contribution in [1.82, 2.24) is 5.32 Å². The van der Waals surface area contributed by atoms with Crippen LogP contribution in [0.15, 0.2) is 23.1 Å². The van der Waals surface area contributed by atoms with Crippen LogP contribution in [0.1, 0.15) is 39.7 Å². The van der Waals surface area contributed by atoms with Crippen molar-refractivity contribution in [1.29, 1.82) is 0 Å². The molecule has 0 aliphatic rings. The summed E-state index contributed by atoms with van der Waals surface area (Å²) in [5.74, 6) is -0.178. The highest BCUT2D eigenvalue weighted by atomic mass is 32.2. The van der Waals surface area contributed by atoms with Gasteiger partial charge in [-0.3, -0.25) is 0 Å². The molecule has 1 rings (SSSR count). The molecule has 0 bridgehead atoms. The van der Waals surface area contributed by atoms with Crippen molar-refractivity contribution in [2.24, 2.45) is 0 Å². The first-order valence-electron chi connectivity index (χ1n) is 6.63. The molecule has 0 aliphatic heterocycles. The Labute approximate surface area is 119 Å². The average molecular weight is 285 g/mol. The van der Waals surface area contributed by atoms with E-state index in [4.69, 9.17) is 5.11 Å². The van der Waals surface area contributed by atoms with E-state index in [1.807, 2.05) is 13.0 Å². The molecule has 2 nitrogen and oxygen atoms in total. The van der Waals surface area contributed by atoms with Crippen molar-refractivity contribution in [3.8, 4) is 0 Å². The lowest BCUT2D eigenvalue weighted by molar-refractivity contribution is 0.289. The second kappa shape index (κ2) is 7.27. The van der Waals surface area contributed by atoms with E-state index >= 15 is 0 Å². The van der Waals surface area contributed by atoms with Crippen molar-refractivity contribution in [3.05, 3.63) is 29.6 Å². The first kappa shape index (κ1) is 16.5. The average Bonchev–Trinajstić information content (AvgIpc) is 2.29. The van der Waals surface area contributed by atoms with Gasteiger partial charge in [-0.05, 0) is 38.8 Å². The lowest BCUT2D eigenvalue weighted by Gasteiger charge is -2.22. The van der Waals surface area contributed by atoms with Crippen molar-refractivity contribution in [2.75, 3.05) is 6.61 Å². The van der Waals surface area contributed by atoms with Crippen LogP contribution in [0, 0.1) is 5.82 Å². The van der Waals surface area contributed by atoms with Crippen LogP contribution >= 0.6 is 11.8 Å². The molecule has 0 aliphatic carbocycles. The Balaban J connectivity index is 2.83. The number of halogens is 1. The number of benzene rings is 1. The lowest BCUT2D eigenvalue weighted by atomic mass is 10.1. The molecule has 0 fully saturated rings. The fraction of sp³-hybridized carbons (Fsp3) is 0.600. The molecule has 2 N–H and O–H groups in total. The molecule has 0 heterocycles. The van der Waals surface area contributed by atoms with E-state index in [-0.39, 0.29) is 23.2 Å². The number of rotatable bonds is 6. The molecule has 1 aromatic carbocycles. The van der Waals surface area contributed by atoms with Gasteiger partial charge < -0.3 is 10.4 Å². The maximum absolute atomic E-state index is 14.0. The molecule has 1 unspecified atom stereocenters. The lowest BCUT2D eigenvalue weighted by Crippen LogP contribution is -2.35. The third-order valence-electron chi connectivity index (χ3n) is 2.71. The number of aliphatic hydroxyl groups excluding tert-OH is 1. The van der Waals surface area contributed by atoms with E-state index < -0.39 is 0 Å². The molecule has 108 valence electrons. The second-order valence-electron chi connectivity index (χ2n) is 5.77. The molecular weight excluding hydrogens is 261 g/mol. The first-order valence-corrected chi connectivity index (χ1v) is 7.51. The summed E-state index contributed by atoms with van der Waals surface area (Å²) in [6.45, 7) is 9.07. The van der Waals surface area contributed by atoms with Crippen LogP contribution in [0.2, 0.25) is 0 Å². The molecule has 0 amide bonds. The van der Waals surface area contributed by atoms with Crippen LogP contribution in [-0.2, 0) is 6.54 Å². The highest BCUT2D eigenvalue weighted by molar-refractivity contribution is 8.00. The van der Waals surface area contributed by atoms with Crippen LogP contribution in [0.3, 0.4) is 0 Å². The molecule has 4 heteroatoms. The van der Waals surface area contributed by atoms with Gasteiger partial charge in [0, 0.05) is 28.8 Å². The Morgan fingerprint density at radius 1 is 1.37 bits per heavy atom. The monoisotopic (exact) mass is 285 g/mol. The number of thioether (sulfide) groups is 1. The Morgan fingerprint density at radius 2 is 2.05 bits per heavy atom. The standard InChI is InChI=1S/C15H24FNOS/c1-11(8-9-18)19-14-12(6-5-7-13(14)16)10-17-15(2,3)4/h5-7,11,17-18H,8-10H2,1-4H3. The van der Waals surface area contributed by atoms with Gasteiger partial charge in [-0.2, -0.15) is 0 Å². The van der Waals surface area contributed by atoms with Gasteiger partial charge in [0.2, 0.25) is 0 Å². The summed E-state index contributed by atoms with van der Waals surface area (Å²) in [7, 11) is 0. The minimum absolute atomic E-state index is 0.00493. The van der Waals surface area contributed by atoms with Crippen molar-refractivity contribution in [2.45, 2.75) is 56.3 Å². The Morgan fingerprint density at radius 3 is 2.63 bits per heavy atom. The number of hydrogen-bond acceptors (Lipinski definition) is 3. The van der Waals surface area contributed by atoms with Gasteiger partial charge in [-0.15, -0.1) is 11.8 Å². The number of nitrogens with one attached hydrogen (secondary N) is 1. The van der Waals surface area contributed by atoms with Gasteiger partial charge in [-0.1, -0.05) is 19.1 Å². The van der Waals surface area contributed by atoms with Gasteiger partial charge in [-0.25, -0.2) is 4.39 Å². The van der Waals surface area contributed by atoms with E-state index in [1.165, 1.54) is 17.8 Å². The summed E-state index contributed by atoms with van der Waals surface area (Å²) in [4.78, 5) is 0.695. The first-order chi connectivity index (χ1) is 8.83. The maximum atomic E-state index is 14.0. The third kappa shape index (κ3) is 5.93. The Bertz CT molecular complexity index is 404.